The van der Waals surface area contributed by atoms with Crippen LogP contribution in [0.4, 0.5) is 11.4 Å². The van der Waals surface area contributed by atoms with Crippen LogP contribution in [0.1, 0.15) is 10.4 Å². The number of nitrogens with one attached hydrogen (secondary N) is 1. The number of ether oxygens (including phenoxy) is 1. The Balaban J connectivity index is 1.95. The molecular formula is C15H11BrN2O6. The van der Waals surface area contributed by atoms with Crippen LogP contribution in [0.15, 0.2) is 46.9 Å². The number of hydrogen-bond donors (Lipinski definition) is 2. The minimum Gasteiger partial charge on any atom is -0.507 e. The lowest BCUT2D eigenvalue weighted by Gasteiger charge is -2.08. The number of carbonyl (C=O) groups is 2. The number of amides is 1. The highest BCUT2D eigenvalue weighted by atomic mass is 79.9. The third-order valence-electron chi connectivity index (χ3n) is 2.90. The number of hydrogen-bond acceptors (Lipinski definition) is 6. The van der Waals surface area contributed by atoms with Crippen molar-refractivity contribution in [3.63, 3.8) is 0 Å². The second kappa shape index (κ2) is 7.55. The molecule has 0 saturated carbocycles. The molecule has 0 bridgehead atoms. The molecule has 0 fully saturated rings. The third kappa shape index (κ3) is 4.29. The monoisotopic (exact) mass is 394 g/mol. The van der Waals surface area contributed by atoms with Crippen LogP contribution in [0.5, 0.6) is 5.75 Å². The summed E-state index contributed by atoms with van der Waals surface area (Å²) < 4.78 is 5.13. The lowest BCUT2D eigenvalue weighted by Crippen LogP contribution is -2.21. The molecule has 8 nitrogen and oxygen atoms in total. The number of phenols is 1. The quantitative estimate of drug-likeness (QED) is 0.457. The number of anilines is 1. The summed E-state index contributed by atoms with van der Waals surface area (Å²) in [7, 11) is 0. The molecule has 0 aliphatic rings. The molecule has 0 spiro atoms. The van der Waals surface area contributed by atoms with Gasteiger partial charge in [0.05, 0.1) is 10.6 Å². The number of esters is 1. The van der Waals surface area contributed by atoms with Crippen LogP contribution in [-0.2, 0) is 9.53 Å². The Labute approximate surface area is 144 Å². The maximum absolute atomic E-state index is 11.8. The number of rotatable bonds is 5. The molecule has 0 radical (unpaired) electrons. The van der Waals surface area contributed by atoms with Crippen LogP contribution >= 0.6 is 15.9 Å². The minimum atomic E-state index is -0.842. The summed E-state index contributed by atoms with van der Waals surface area (Å²) >= 11 is 3.11. The van der Waals surface area contributed by atoms with E-state index in [4.69, 9.17) is 4.74 Å². The number of nitrogens with zero attached hydrogens (tertiary/aromatic N) is 1. The van der Waals surface area contributed by atoms with Gasteiger partial charge in [-0.15, -0.1) is 0 Å². The highest BCUT2D eigenvalue weighted by molar-refractivity contribution is 9.10. The lowest BCUT2D eigenvalue weighted by atomic mass is 10.2. The smallest absolute Gasteiger partial charge is 0.342 e. The number of phenolic OH excluding ortho intramolecular Hbond substituents is 1. The van der Waals surface area contributed by atoms with Crippen molar-refractivity contribution in [2.75, 3.05) is 11.9 Å². The molecule has 0 unspecified atom stereocenters. The first-order valence-corrected chi connectivity index (χ1v) is 7.36. The Morgan fingerprint density at radius 1 is 1.25 bits per heavy atom. The van der Waals surface area contributed by atoms with E-state index in [-0.39, 0.29) is 17.0 Å². The number of nitro benzene ring substituents is 1. The zero-order valence-corrected chi connectivity index (χ0v) is 13.6. The fraction of sp³-hybridized carbons (Fsp3) is 0.0667. The van der Waals surface area contributed by atoms with Crippen molar-refractivity contribution in [2.45, 2.75) is 0 Å². The third-order valence-corrected chi connectivity index (χ3v) is 3.55. The van der Waals surface area contributed by atoms with E-state index >= 15 is 0 Å². The topological polar surface area (TPSA) is 119 Å². The molecule has 2 N–H and O–H groups in total. The predicted molar refractivity (Wildman–Crippen MR) is 87.8 cm³/mol. The summed E-state index contributed by atoms with van der Waals surface area (Å²) in [4.78, 5) is 33.6. The van der Waals surface area contributed by atoms with E-state index in [1.165, 1.54) is 30.3 Å². The number of carbonyl (C=O) groups excluding carboxylic acids is 2. The summed E-state index contributed by atoms with van der Waals surface area (Å²) in [6, 6.07) is 9.60. The van der Waals surface area contributed by atoms with Gasteiger partial charge in [0.2, 0.25) is 0 Å². The summed E-state index contributed by atoms with van der Waals surface area (Å²) in [5.41, 5.74) is 0.108. The molecule has 9 heteroatoms. The first-order valence-electron chi connectivity index (χ1n) is 6.57. The molecule has 0 atom stereocenters. The number of aromatic hydroxyl groups is 1. The van der Waals surface area contributed by atoms with Gasteiger partial charge in [-0.3, -0.25) is 14.9 Å². The van der Waals surface area contributed by atoms with E-state index < -0.39 is 23.4 Å². The Hall–Kier alpha value is -2.94. The van der Waals surface area contributed by atoms with Gasteiger partial charge >= 0.3 is 5.97 Å². The average Bonchev–Trinajstić information content (AvgIpc) is 2.54. The average molecular weight is 395 g/mol. The molecule has 0 heterocycles. The van der Waals surface area contributed by atoms with Crippen molar-refractivity contribution in [2.24, 2.45) is 0 Å². The van der Waals surface area contributed by atoms with Crippen LogP contribution in [0.2, 0.25) is 0 Å². The molecule has 1 amide bonds. The Morgan fingerprint density at radius 3 is 2.58 bits per heavy atom. The van der Waals surface area contributed by atoms with E-state index in [1.54, 1.807) is 12.1 Å². The van der Waals surface area contributed by atoms with E-state index in [0.717, 1.165) is 0 Å². The minimum absolute atomic E-state index is 0.0539. The van der Waals surface area contributed by atoms with Gasteiger partial charge in [-0.25, -0.2) is 4.79 Å². The molecule has 124 valence electrons. The van der Waals surface area contributed by atoms with Crippen LogP contribution in [0, 0.1) is 10.1 Å². The number of benzene rings is 2. The van der Waals surface area contributed by atoms with Crippen molar-refractivity contribution in [1.29, 1.82) is 0 Å². The van der Waals surface area contributed by atoms with E-state index in [9.17, 15) is 24.8 Å². The lowest BCUT2D eigenvalue weighted by molar-refractivity contribution is -0.384. The Morgan fingerprint density at radius 2 is 1.96 bits per heavy atom. The largest absolute Gasteiger partial charge is 0.507 e. The van der Waals surface area contributed by atoms with Crippen LogP contribution in [-0.4, -0.2) is 28.5 Å². The SMILES string of the molecule is O=C(COC(=O)c1ccccc1O)Nc1ccc([N+](=O)[O-])cc1Br. The second-order valence-corrected chi connectivity index (χ2v) is 5.42. The first-order chi connectivity index (χ1) is 11.4. The first kappa shape index (κ1) is 17.4. The molecule has 2 aromatic rings. The number of nitro groups is 1. The maximum atomic E-state index is 11.8. The highest BCUT2D eigenvalue weighted by Gasteiger charge is 2.15. The Kier molecular flexibility index (Phi) is 5.48. The fourth-order valence-corrected chi connectivity index (χ4v) is 2.23. The molecular weight excluding hydrogens is 384 g/mol. The van der Waals surface area contributed by atoms with Gasteiger partial charge in [0, 0.05) is 16.6 Å². The molecule has 2 aromatic carbocycles. The summed E-state index contributed by atoms with van der Waals surface area (Å²) in [5, 5.41) is 22.6. The highest BCUT2D eigenvalue weighted by Crippen LogP contribution is 2.27. The Bertz CT molecular complexity index is 808. The standard InChI is InChI=1S/C15H11BrN2O6/c16-11-7-9(18(22)23)5-6-12(11)17-14(20)8-24-15(21)10-3-1-2-4-13(10)19/h1-7,19H,8H2,(H,17,20). The number of halogens is 1. The normalized spacial score (nSPS) is 10.0. The van der Waals surface area contributed by atoms with Crippen molar-refractivity contribution < 1.29 is 24.4 Å². The second-order valence-electron chi connectivity index (χ2n) is 4.56. The van der Waals surface area contributed by atoms with Gasteiger partial charge in [-0.2, -0.15) is 0 Å². The van der Waals surface area contributed by atoms with Gasteiger partial charge < -0.3 is 15.2 Å². The summed E-state index contributed by atoms with van der Waals surface area (Å²) in [5.74, 6) is -1.72. The molecule has 24 heavy (non-hydrogen) atoms. The number of para-hydroxylation sites is 1. The summed E-state index contributed by atoms with van der Waals surface area (Å²) in [6.45, 7) is -0.573. The fourth-order valence-electron chi connectivity index (χ4n) is 1.76. The maximum Gasteiger partial charge on any atom is 0.342 e. The van der Waals surface area contributed by atoms with Crippen LogP contribution in [0.25, 0.3) is 0 Å². The van der Waals surface area contributed by atoms with Crippen LogP contribution < -0.4 is 5.32 Å². The van der Waals surface area contributed by atoms with E-state index in [2.05, 4.69) is 21.2 Å². The zero-order chi connectivity index (χ0) is 17.7. The molecule has 0 saturated heterocycles. The van der Waals surface area contributed by atoms with Crippen molar-refractivity contribution in [3.8, 4) is 5.75 Å². The van der Waals surface area contributed by atoms with E-state index in [1.807, 2.05) is 0 Å². The van der Waals surface area contributed by atoms with Crippen molar-refractivity contribution in [1.82, 2.24) is 0 Å². The van der Waals surface area contributed by atoms with E-state index in [0.29, 0.717) is 10.2 Å². The van der Waals surface area contributed by atoms with Crippen LogP contribution in [0.3, 0.4) is 0 Å². The summed E-state index contributed by atoms with van der Waals surface area (Å²) in [6.07, 6.45) is 0. The van der Waals surface area contributed by atoms with Gasteiger partial charge in [-0.05, 0) is 34.1 Å². The predicted octanol–water partition coefficient (Wildman–Crippen LogP) is 2.86. The van der Waals surface area contributed by atoms with Gasteiger partial charge in [0.15, 0.2) is 6.61 Å². The molecule has 2 rings (SSSR count). The van der Waals surface area contributed by atoms with Gasteiger partial charge in [0.25, 0.3) is 11.6 Å². The van der Waals surface area contributed by atoms with Gasteiger partial charge in [0.1, 0.15) is 11.3 Å². The van der Waals surface area contributed by atoms with Crippen molar-refractivity contribution >= 4 is 39.2 Å². The molecule has 0 aliphatic heterocycles. The number of non-ortho nitro benzene ring substituents is 1. The van der Waals surface area contributed by atoms with Crippen molar-refractivity contribution in [3.05, 3.63) is 62.6 Å². The van der Waals surface area contributed by atoms with Gasteiger partial charge in [-0.1, -0.05) is 12.1 Å². The zero-order valence-electron chi connectivity index (χ0n) is 12.1. The molecule has 0 aliphatic carbocycles. The molecule has 0 aromatic heterocycles.